The maximum atomic E-state index is 12.2. The van der Waals surface area contributed by atoms with Crippen molar-refractivity contribution in [3.8, 4) is 0 Å². The molecule has 0 unspecified atom stereocenters. The number of carbonyl (C=O) groups is 1. The zero-order valence-electron chi connectivity index (χ0n) is 11.6. The lowest BCUT2D eigenvalue weighted by Gasteiger charge is -2.09. The van der Waals surface area contributed by atoms with Crippen LogP contribution in [0.1, 0.15) is 34.4 Å². The molecular weight excluding hydrogens is 272 g/mol. The lowest BCUT2D eigenvalue weighted by atomic mass is 10.2. The second-order valence-corrected chi connectivity index (χ2v) is 5.43. The number of pyridine rings is 1. The van der Waals surface area contributed by atoms with Crippen molar-refractivity contribution < 1.29 is 4.79 Å². The van der Waals surface area contributed by atoms with Crippen LogP contribution in [0.2, 0.25) is 0 Å². The van der Waals surface area contributed by atoms with Gasteiger partial charge in [-0.1, -0.05) is 6.92 Å². The summed E-state index contributed by atoms with van der Waals surface area (Å²) in [5.41, 5.74) is 1.45. The van der Waals surface area contributed by atoms with Gasteiger partial charge in [-0.05, 0) is 25.5 Å². The van der Waals surface area contributed by atoms with Crippen LogP contribution >= 0.6 is 11.3 Å². The van der Waals surface area contributed by atoms with Crippen LogP contribution in [0.15, 0.2) is 23.7 Å². The first-order chi connectivity index (χ1) is 9.70. The number of anilines is 1. The minimum Gasteiger partial charge on any atom is -0.369 e. The van der Waals surface area contributed by atoms with Gasteiger partial charge >= 0.3 is 0 Å². The molecule has 106 valence electrons. The third kappa shape index (κ3) is 3.77. The van der Waals surface area contributed by atoms with E-state index in [0.29, 0.717) is 17.9 Å². The van der Waals surface area contributed by atoms with Gasteiger partial charge in [0.2, 0.25) is 0 Å². The summed E-state index contributed by atoms with van der Waals surface area (Å²) in [6.45, 7) is 5.25. The third-order valence-corrected chi connectivity index (χ3v) is 3.51. The van der Waals surface area contributed by atoms with Gasteiger partial charge in [-0.3, -0.25) is 4.79 Å². The molecule has 0 saturated heterocycles. The van der Waals surface area contributed by atoms with E-state index in [1.807, 2.05) is 12.3 Å². The lowest BCUT2D eigenvalue weighted by Crippen LogP contribution is -2.24. The van der Waals surface area contributed by atoms with Crippen LogP contribution in [0.4, 0.5) is 5.82 Å². The SMILES string of the molecule is CCCNc1ncccc1C(=O)NCc1csc(C)n1. The van der Waals surface area contributed by atoms with Crippen molar-refractivity contribution in [1.82, 2.24) is 15.3 Å². The van der Waals surface area contributed by atoms with E-state index in [2.05, 4.69) is 27.5 Å². The average molecular weight is 290 g/mol. The van der Waals surface area contributed by atoms with Crippen molar-refractivity contribution in [3.05, 3.63) is 40.0 Å². The van der Waals surface area contributed by atoms with Crippen LogP contribution in [0.25, 0.3) is 0 Å². The van der Waals surface area contributed by atoms with E-state index in [4.69, 9.17) is 0 Å². The van der Waals surface area contributed by atoms with E-state index in [1.165, 1.54) is 0 Å². The Morgan fingerprint density at radius 1 is 1.45 bits per heavy atom. The van der Waals surface area contributed by atoms with E-state index in [0.717, 1.165) is 23.7 Å². The fourth-order valence-electron chi connectivity index (χ4n) is 1.73. The Morgan fingerprint density at radius 2 is 2.30 bits per heavy atom. The van der Waals surface area contributed by atoms with Gasteiger partial charge in [-0.25, -0.2) is 9.97 Å². The summed E-state index contributed by atoms with van der Waals surface area (Å²) in [7, 11) is 0. The highest BCUT2D eigenvalue weighted by Crippen LogP contribution is 2.12. The Balaban J connectivity index is 2.01. The summed E-state index contributed by atoms with van der Waals surface area (Å²) in [6.07, 6.45) is 2.66. The topological polar surface area (TPSA) is 66.9 Å². The highest BCUT2D eigenvalue weighted by molar-refractivity contribution is 7.09. The van der Waals surface area contributed by atoms with Crippen LogP contribution in [-0.4, -0.2) is 22.4 Å². The molecule has 0 fully saturated rings. The normalized spacial score (nSPS) is 10.3. The molecule has 0 bridgehead atoms. The molecule has 0 aliphatic heterocycles. The molecule has 0 aliphatic carbocycles. The standard InChI is InChI=1S/C14H18N4OS/c1-3-6-15-13-12(5-4-7-16-13)14(19)17-8-11-9-20-10(2)18-11/h4-5,7,9H,3,6,8H2,1-2H3,(H,15,16)(H,17,19). The molecular formula is C14H18N4OS. The van der Waals surface area contributed by atoms with Crippen molar-refractivity contribution >= 4 is 23.1 Å². The number of amides is 1. The first-order valence-electron chi connectivity index (χ1n) is 6.58. The summed E-state index contributed by atoms with van der Waals surface area (Å²) in [5.74, 6) is 0.490. The molecule has 0 aromatic carbocycles. The Morgan fingerprint density at radius 3 is 3.00 bits per heavy atom. The fourth-order valence-corrected chi connectivity index (χ4v) is 2.34. The Kier molecular flexibility index (Phi) is 5.06. The predicted octanol–water partition coefficient (Wildman–Crippen LogP) is 2.60. The maximum absolute atomic E-state index is 12.2. The van der Waals surface area contributed by atoms with Crippen molar-refractivity contribution in [2.24, 2.45) is 0 Å². The molecule has 20 heavy (non-hydrogen) atoms. The zero-order chi connectivity index (χ0) is 14.4. The number of hydrogen-bond acceptors (Lipinski definition) is 5. The van der Waals surface area contributed by atoms with E-state index in [-0.39, 0.29) is 5.91 Å². The van der Waals surface area contributed by atoms with Crippen LogP contribution in [0.5, 0.6) is 0 Å². The number of aromatic nitrogens is 2. The average Bonchev–Trinajstić information content (AvgIpc) is 2.88. The number of hydrogen-bond donors (Lipinski definition) is 2. The molecule has 2 N–H and O–H groups in total. The number of rotatable bonds is 6. The molecule has 0 aliphatic rings. The fraction of sp³-hybridized carbons (Fsp3) is 0.357. The monoisotopic (exact) mass is 290 g/mol. The Labute approximate surface area is 122 Å². The molecule has 6 heteroatoms. The molecule has 0 spiro atoms. The van der Waals surface area contributed by atoms with Crippen molar-refractivity contribution in [3.63, 3.8) is 0 Å². The Hall–Kier alpha value is -1.95. The summed E-state index contributed by atoms with van der Waals surface area (Å²) in [6, 6.07) is 3.53. The molecule has 2 aromatic rings. The molecule has 0 radical (unpaired) electrons. The molecule has 0 atom stereocenters. The number of carbonyl (C=O) groups excluding carboxylic acids is 1. The molecule has 0 saturated carbocycles. The summed E-state index contributed by atoms with van der Waals surface area (Å²) in [5, 5.41) is 8.99. The number of nitrogens with zero attached hydrogens (tertiary/aromatic N) is 2. The number of nitrogens with one attached hydrogen (secondary N) is 2. The summed E-state index contributed by atoms with van der Waals surface area (Å²) in [4.78, 5) is 20.7. The van der Waals surface area contributed by atoms with Gasteiger partial charge in [0, 0.05) is 18.1 Å². The smallest absolute Gasteiger partial charge is 0.255 e. The second-order valence-electron chi connectivity index (χ2n) is 4.37. The van der Waals surface area contributed by atoms with E-state index in [1.54, 1.807) is 29.7 Å². The quantitative estimate of drug-likeness (QED) is 0.858. The van der Waals surface area contributed by atoms with Gasteiger partial charge in [0.05, 0.1) is 22.8 Å². The van der Waals surface area contributed by atoms with E-state index < -0.39 is 0 Å². The van der Waals surface area contributed by atoms with Crippen molar-refractivity contribution in [2.75, 3.05) is 11.9 Å². The van der Waals surface area contributed by atoms with Crippen LogP contribution in [0.3, 0.4) is 0 Å². The third-order valence-electron chi connectivity index (χ3n) is 2.69. The Bertz CT molecular complexity index is 582. The molecule has 2 heterocycles. The molecule has 2 rings (SSSR count). The molecule has 5 nitrogen and oxygen atoms in total. The van der Waals surface area contributed by atoms with Gasteiger partial charge in [-0.2, -0.15) is 0 Å². The van der Waals surface area contributed by atoms with Gasteiger partial charge in [0.1, 0.15) is 5.82 Å². The molecule has 1 amide bonds. The van der Waals surface area contributed by atoms with Crippen LogP contribution in [0, 0.1) is 6.92 Å². The highest BCUT2D eigenvalue weighted by Gasteiger charge is 2.11. The minimum atomic E-state index is -0.137. The summed E-state index contributed by atoms with van der Waals surface area (Å²) < 4.78 is 0. The first kappa shape index (κ1) is 14.5. The van der Waals surface area contributed by atoms with Crippen LogP contribution in [-0.2, 0) is 6.54 Å². The lowest BCUT2D eigenvalue weighted by molar-refractivity contribution is 0.0951. The van der Waals surface area contributed by atoms with Gasteiger partial charge in [-0.15, -0.1) is 11.3 Å². The molecule has 2 aromatic heterocycles. The summed E-state index contributed by atoms with van der Waals surface area (Å²) >= 11 is 1.58. The minimum absolute atomic E-state index is 0.137. The number of aryl methyl sites for hydroxylation is 1. The second kappa shape index (κ2) is 7.00. The van der Waals surface area contributed by atoms with E-state index >= 15 is 0 Å². The van der Waals surface area contributed by atoms with Crippen LogP contribution < -0.4 is 10.6 Å². The van der Waals surface area contributed by atoms with E-state index in [9.17, 15) is 4.79 Å². The van der Waals surface area contributed by atoms with Gasteiger partial charge < -0.3 is 10.6 Å². The first-order valence-corrected chi connectivity index (χ1v) is 7.46. The van der Waals surface area contributed by atoms with Crippen molar-refractivity contribution in [1.29, 1.82) is 0 Å². The largest absolute Gasteiger partial charge is 0.369 e. The predicted molar refractivity (Wildman–Crippen MR) is 81.0 cm³/mol. The van der Waals surface area contributed by atoms with Gasteiger partial charge in [0.25, 0.3) is 5.91 Å². The van der Waals surface area contributed by atoms with Gasteiger partial charge in [0.15, 0.2) is 0 Å². The zero-order valence-corrected chi connectivity index (χ0v) is 12.5. The van der Waals surface area contributed by atoms with Crippen molar-refractivity contribution in [2.45, 2.75) is 26.8 Å². The highest BCUT2D eigenvalue weighted by atomic mass is 32.1. The maximum Gasteiger partial charge on any atom is 0.255 e. The number of thiazole rings is 1.